The van der Waals surface area contributed by atoms with Crippen LogP contribution in [-0.2, 0) is 21.7 Å². The first-order chi connectivity index (χ1) is 15.3. The van der Waals surface area contributed by atoms with E-state index >= 15 is 4.39 Å². The largest absolute Gasteiger partial charge is 0.498 e. The summed E-state index contributed by atoms with van der Waals surface area (Å²) in [7, 11) is -1.25. The molecule has 0 amide bonds. The molecule has 0 atom stereocenters. The van der Waals surface area contributed by atoms with Crippen molar-refractivity contribution < 1.29 is 49.6 Å². The minimum Gasteiger partial charge on any atom is -0.418 e. The van der Waals surface area contributed by atoms with Crippen LogP contribution in [0.1, 0.15) is 49.2 Å². The molecule has 2 aromatic carbocycles. The zero-order chi connectivity index (χ0) is 25.9. The summed E-state index contributed by atoms with van der Waals surface area (Å²) in [5, 5.41) is -0.450. The Balaban J connectivity index is 2.00. The van der Waals surface area contributed by atoms with E-state index in [1.54, 1.807) is 27.7 Å². The Morgan fingerprint density at radius 3 is 1.82 bits per heavy atom. The number of hydrogen-bond donors (Lipinski definition) is 0. The third kappa shape index (κ3) is 5.03. The predicted octanol–water partition coefficient (Wildman–Crippen LogP) is 6.04. The van der Waals surface area contributed by atoms with Crippen LogP contribution < -0.4 is 10.2 Å². The molecule has 13 heteroatoms. The van der Waals surface area contributed by atoms with Gasteiger partial charge in [0.15, 0.2) is 11.6 Å². The van der Waals surface area contributed by atoms with Crippen LogP contribution in [-0.4, -0.2) is 24.3 Å². The van der Waals surface area contributed by atoms with Crippen molar-refractivity contribution in [2.75, 3.05) is 0 Å². The zero-order valence-electron chi connectivity index (χ0n) is 18.1. The summed E-state index contributed by atoms with van der Waals surface area (Å²) in [5.41, 5.74) is -6.50. The quantitative estimate of drug-likeness (QED) is 0.218. The number of carbonyl (C=O) groups excluding carboxylic acids is 1. The smallest absolute Gasteiger partial charge is 0.418 e. The van der Waals surface area contributed by atoms with Crippen molar-refractivity contribution in [2.45, 2.75) is 51.2 Å². The average Bonchev–Trinajstić information content (AvgIpc) is 2.90. The van der Waals surface area contributed by atoms with Crippen molar-refractivity contribution in [1.29, 1.82) is 0 Å². The summed E-state index contributed by atoms with van der Waals surface area (Å²) in [6.07, 6.45) is -10.4. The lowest BCUT2D eigenvalue weighted by Gasteiger charge is -2.32. The molecule has 1 aliphatic rings. The Labute approximate surface area is 195 Å². The van der Waals surface area contributed by atoms with E-state index in [2.05, 4.69) is 0 Å². The second kappa shape index (κ2) is 8.42. The normalized spacial score (nSPS) is 17.7. The lowest BCUT2D eigenvalue weighted by molar-refractivity contribution is -0.143. The Kier molecular flexibility index (Phi) is 6.51. The number of halogens is 8. The molecule has 1 saturated heterocycles. The van der Waals surface area contributed by atoms with Crippen LogP contribution in [0.4, 0.5) is 30.7 Å². The van der Waals surface area contributed by atoms with Gasteiger partial charge >= 0.3 is 25.4 Å². The zero-order valence-corrected chi connectivity index (χ0v) is 18.9. The van der Waals surface area contributed by atoms with E-state index in [1.807, 2.05) is 0 Å². The first-order valence-corrected chi connectivity index (χ1v) is 10.1. The highest BCUT2D eigenvalue weighted by Crippen LogP contribution is 2.39. The molecule has 0 unspecified atom stereocenters. The number of carbonyl (C=O) groups is 1. The summed E-state index contributed by atoms with van der Waals surface area (Å²) in [4.78, 5) is 12.5. The molecular weight excluding hydrogens is 495 g/mol. The maximum absolute atomic E-state index is 15.2. The maximum Gasteiger partial charge on any atom is 0.498 e. The number of alkyl halides is 6. The van der Waals surface area contributed by atoms with Gasteiger partial charge in [-0.3, -0.25) is 0 Å². The van der Waals surface area contributed by atoms with E-state index in [0.29, 0.717) is 0 Å². The van der Waals surface area contributed by atoms with Gasteiger partial charge in [-0.1, -0.05) is 17.7 Å². The maximum atomic E-state index is 15.2. The first kappa shape index (κ1) is 26.3. The van der Waals surface area contributed by atoms with Crippen LogP contribution >= 0.6 is 11.6 Å². The molecule has 0 bridgehead atoms. The molecule has 0 radical (unpaired) electrons. The second-order valence-corrected chi connectivity index (χ2v) is 8.96. The highest BCUT2D eigenvalue weighted by atomic mass is 35.5. The van der Waals surface area contributed by atoms with Gasteiger partial charge in [-0.15, -0.1) is 0 Å². The van der Waals surface area contributed by atoms with Crippen LogP contribution in [0.3, 0.4) is 0 Å². The van der Waals surface area contributed by atoms with Gasteiger partial charge in [-0.05, 0) is 52.0 Å². The van der Waals surface area contributed by atoms with E-state index in [0.717, 1.165) is 6.07 Å². The fourth-order valence-corrected chi connectivity index (χ4v) is 3.20. The number of ether oxygens (including phenoxy) is 1. The number of hydrogen-bond acceptors (Lipinski definition) is 4. The number of benzene rings is 2. The minimum absolute atomic E-state index is 0.150. The molecule has 1 aliphatic heterocycles. The van der Waals surface area contributed by atoms with Crippen molar-refractivity contribution in [3.8, 4) is 5.75 Å². The molecule has 0 spiro atoms. The van der Waals surface area contributed by atoms with Crippen LogP contribution in [0.15, 0.2) is 30.3 Å². The molecule has 184 valence electrons. The van der Waals surface area contributed by atoms with E-state index < -0.39 is 69.9 Å². The highest BCUT2D eigenvalue weighted by Gasteiger charge is 2.52. The van der Waals surface area contributed by atoms with Crippen LogP contribution in [0.2, 0.25) is 5.02 Å². The summed E-state index contributed by atoms with van der Waals surface area (Å²) in [5.74, 6) is -3.80. The van der Waals surface area contributed by atoms with E-state index in [1.165, 1.54) is 6.07 Å². The third-order valence-corrected chi connectivity index (χ3v) is 5.90. The Morgan fingerprint density at radius 1 is 0.912 bits per heavy atom. The highest BCUT2D eigenvalue weighted by molar-refractivity contribution is 6.62. The molecule has 2 aromatic rings. The van der Waals surface area contributed by atoms with Gasteiger partial charge in [0, 0.05) is 5.46 Å². The van der Waals surface area contributed by atoms with Crippen molar-refractivity contribution in [2.24, 2.45) is 0 Å². The molecule has 4 nitrogen and oxygen atoms in total. The van der Waals surface area contributed by atoms with Gasteiger partial charge in [0.2, 0.25) is 0 Å². The minimum atomic E-state index is -5.18. The first-order valence-electron chi connectivity index (χ1n) is 9.69. The van der Waals surface area contributed by atoms with Gasteiger partial charge in [-0.25, -0.2) is 9.18 Å². The monoisotopic (exact) mass is 512 g/mol. The van der Waals surface area contributed by atoms with Crippen molar-refractivity contribution in [3.63, 3.8) is 0 Å². The Hall–Kier alpha value is -2.31. The van der Waals surface area contributed by atoms with Crippen LogP contribution in [0.5, 0.6) is 5.75 Å². The van der Waals surface area contributed by atoms with Crippen LogP contribution in [0.25, 0.3) is 0 Å². The van der Waals surface area contributed by atoms with Gasteiger partial charge in [0.1, 0.15) is 0 Å². The van der Waals surface area contributed by atoms with E-state index in [4.69, 9.17) is 25.6 Å². The van der Waals surface area contributed by atoms with Crippen molar-refractivity contribution in [1.82, 2.24) is 0 Å². The second-order valence-electron chi connectivity index (χ2n) is 8.55. The van der Waals surface area contributed by atoms with Gasteiger partial charge in [0.05, 0.1) is 32.9 Å². The Bertz CT molecular complexity index is 1080. The lowest BCUT2D eigenvalue weighted by Crippen LogP contribution is -2.41. The Morgan fingerprint density at radius 2 is 1.38 bits per heavy atom. The molecule has 0 aromatic heterocycles. The molecule has 1 fully saturated rings. The van der Waals surface area contributed by atoms with Crippen molar-refractivity contribution in [3.05, 3.63) is 57.9 Å². The summed E-state index contributed by atoms with van der Waals surface area (Å²) in [6, 6.07) is 2.51. The molecule has 0 aliphatic carbocycles. The molecule has 34 heavy (non-hydrogen) atoms. The molecule has 0 N–H and O–H groups in total. The lowest BCUT2D eigenvalue weighted by atomic mass is 9.78. The van der Waals surface area contributed by atoms with E-state index in [-0.39, 0.29) is 23.7 Å². The summed E-state index contributed by atoms with van der Waals surface area (Å²) in [6.45, 7) is 6.81. The number of esters is 1. The molecule has 3 rings (SSSR count). The summed E-state index contributed by atoms with van der Waals surface area (Å²) >= 11 is 5.90. The average molecular weight is 513 g/mol. The molecule has 0 saturated carbocycles. The molecule has 1 heterocycles. The van der Waals surface area contributed by atoms with Gasteiger partial charge in [-0.2, -0.15) is 26.3 Å². The third-order valence-electron chi connectivity index (χ3n) is 5.60. The standard InChI is InChI=1S/C21H17BClF7O4/c1-18(2)19(3,4)34-22(33-18)13-5-6-14(23)16(15(13)24)32-17(31)10-7-11(20(25,26)27)9-12(8-10)21(28,29)30/h5-9H,1-4H3. The topological polar surface area (TPSA) is 44.8 Å². The SMILES string of the molecule is CC1(C)OB(c2ccc(Cl)c(OC(=O)c3cc(C(F)(F)F)cc(C(F)(F)F)c3)c2F)OC1(C)C. The predicted molar refractivity (Wildman–Crippen MR) is 109 cm³/mol. The van der Waals surface area contributed by atoms with Crippen molar-refractivity contribution >= 4 is 30.2 Å². The fraction of sp³-hybridized carbons (Fsp3) is 0.381. The van der Waals surface area contributed by atoms with Gasteiger partial charge < -0.3 is 14.0 Å². The number of rotatable bonds is 3. The van der Waals surface area contributed by atoms with Crippen LogP contribution in [0, 0.1) is 5.82 Å². The van der Waals surface area contributed by atoms with E-state index in [9.17, 15) is 31.1 Å². The molecular formula is C21H17BClF7O4. The summed E-state index contributed by atoms with van der Waals surface area (Å²) < 4.78 is 110. The van der Waals surface area contributed by atoms with Gasteiger partial charge in [0.25, 0.3) is 0 Å². The fourth-order valence-electron chi connectivity index (χ4n) is 3.02.